The highest BCUT2D eigenvalue weighted by atomic mass is 35.5. The van der Waals surface area contributed by atoms with Crippen LogP contribution in [-0.2, 0) is 6.42 Å². The number of nitrogens with one attached hydrogen (secondary N) is 1. The van der Waals surface area contributed by atoms with Gasteiger partial charge in [-0.05, 0) is 44.0 Å². The monoisotopic (exact) mass is 316 g/mol. The molecule has 1 unspecified atom stereocenters. The average molecular weight is 317 g/mol. The predicted octanol–water partition coefficient (Wildman–Crippen LogP) is 2.52. The fraction of sp³-hybridized carbons (Fsp3) is 0.462. The molecule has 1 N–H and O–H groups in total. The first kappa shape index (κ1) is 16.9. The molecule has 3 rings (SSSR count). The summed E-state index contributed by atoms with van der Waals surface area (Å²) >= 11 is 0. The van der Waals surface area contributed by atoms with Crippen LogP contribution in [0.3, 0.4) is 0 Å². The van der Waals surface area contributed by atoms with Crippen LogP contribution < -0.4 is 5.32 Å². The number of piperidine rings is 1. The highest BCUT2D eigenvalue weighted by Gasteiger charge is 2.17. The van der Waals surface area contributed by atoms with Gasteiger partial charge in [-0.2, -0.15) is 4.98 Å². The third-order valence-corrected chi connectivity index (χ3v) is 3.22. The summed E-state index contributed by atoms with van der Waals surface area (Å²) in [5.74, 6) is 1.91. The van der Waals surface area contributed by atoms with Gasteiger partial charge in [-0.1, -0.05) is 11.2 Å². The van der Waals surface area contributed by atoms with Crippen molar-refractivity contribution in [1.82, 2.24) is 20.4 Å². The van der Waals surface area contributed by atoms with E-state index >= 15 is 0 Å². The van der Waals surface area contributed by atoms with Crippen molar-refractivity contribution in [2.75, 3.05) is 13.1 Å². The Morgan fingerprint density at radius 1 is 1.30 bits per heavy atom. The molecule has 1 aliphatic heterocycles. The molecule has 1 fully saturated rings. The van der Waals surface area contributed by atoms with Crippen LogP contribution in [0.2, 0.25) is 0 Å². The van der Waals surface area contributed by atoms with Gasteiger partial charge in [0.1, 0.15) is 5.69 Å². The van der Waals surface area contributed by atoms with Gasteiger partial charge in [0, 0.05) is 12.6 Å². The Balaban J connectivity index is 0.000001000. The van der Waals surface area contributed by atoms with Crippen molar-refractivity contribution < 1.29 is 4.52 Å². The van der Waals surface area contributed by atoms with Crippen LogP contribution in [0, 0.1) is 5.92 Å². The minimum atomic E-state index is 0. The molecule has 1 aliphatic rings. The lowest BCUT2D eigenvalue weighted by atomic mass is 9.96. The van der Waals surface area contributed by atoms with E-state index in [1.807, 2.05) is 18.2 Å². The number of hydrogen-bond donors (Lipinski definition) is 1. The molecule has 0 aromatic carbocycles. The van der Waals surface area contributed by atoms with Crippen molar-refractivity contribution in [3.8, 4) is 11.6 Å². The Kier molecular flexibility index (Phi) is 6.91. The third kappa shape index (κ3) is 4.16. The van der Waals surface area contributed by atoms with Crippen molar-refractivity contribution in [2.24, 2.45) is 5.92 Å². The standard InChI is InChI=1S/C13H16N4O.2ClH/c1-2-7-15-11(5-1)13-16-12(17-18-13)8-10-4-3-6-14-9-10;;/h1-2,5,7,10,14H,3-4,6,8-9H2;2*1H. The fourth-order valence-electron chi connectivity index (χ4n) is 2.29. The van der Waals surface area contributed by atoms with Crippen molar-refractivity contribution in [3.05, 3.63) is 30.2 Å². The molecule has 0 saturated carbocycles. The maximum Gasteiger partial charge on any atom is 0.276 e. The smallest absolute Gasteiger partial charge is 0.276 e. The normalized spacial score (nSPS) is 17.9. The molecule has 20 heavy (non-hydrogen) atoms. The van der Waals surface area contributed by atoms with Gasteiger partial charge < -0.3 is 9.84 Å². The maximum atomic E-state index is 5.25. The average Bonchev–Trinajstić information content (AvgIpc) is 2.89. The van der Waals surface area contributed by atoms with Gasteiger partial charge in [-0.15, -0.1) is 24.8 Å². The Bertz CT molecular complexity index is 500. The topological polar surface area (TPSA) is 63.8 Å². The summed E-state index contributed by atoms with van der Waals surface area (Å²) < 4.78 is 5.25. The number of aromatic nitrogens is 3. The largest absolute Gasteiger partial charge is 0.332 e. The first-order valence-corrected chi connectivity index (χ1v) is 6.36. The summed E-state index contributed by atoms with van der Waals surface area (Å²) in [5, 5.41) is 7.43. The second-order valence-electron chi connectivity index (χ2n) is 4.65. The summed E-state index contributed by atoms with van der Waals surface area (Å²) in [5.41, 5.74) is 0.734. The Hall–Kier alpha value is -1.17. The molecule has 0 amide bonds. The lowest BCUT2D eigenvalue weighted by molar-refractivity contribution is 0.359. The summed E-state index contributed by atoms with van der Waals surface area (Å²) in [6.45, 7) is 2.18. The van der Waals surface area contributed by atoms with Crippen LogP contribution in [0.15, 0.2) is 28.9 Å². The summed E-state index contributed by atoms with van der Waals surface area (Å²) in [6, 6.07) is 5.66. The first-order valence-electron chi connectivity index (χ1n) is 6.36. The van der Waals surface area contributed by atoms with E-state index in [-0.39, 0.29) is 24.8 Å². The molecule has 7 heteroatoms. The second-order valence-corrected chi connectivity index (χ2v) is 4.65. The van der Waals surface area contributed by atoms with Crippen molar-refractivity contribution >= 4 is 24.8 Å². The SMILES string of the molecule is Cl.Cl.c1ccc(-c2nc(CC3CCCNC3)no2)nc1. The zero-order valence-corrected chi connectivity index (χ0v) is 12.6. The van der Waals surface area contributed by atoms with E-state index in [1.54, 1.807) is 6.20 Å². The minimum absolute atomic E-state index is 0. The van der Waals surface area contributed by atoms with Gasteiger partial charge in [-0.3, -0.25) is 4.98 Å². The molecule has 0 aliphatic carbocycles. The van der Waals surface area contributed by atoms with Crippen molar-refractivity contribution in [3.63, 3.8) is 0 Å². The highest BCUT2D eigenvalue weighted by molar-refractivity contribution is 5.85. The van der Waals surface area contributed by atoms with Crippen LogP contribution in [0.1, 0.15) is 18.7 Å². The zero-order valence-electron chi connectivity index (χ0n) is 11.0. The van der Waals surface area contributed by atoms with Crippen LogP contribution in [0.25, 0.3) is 11.6 Å². The molecule has 110 valence electrons. The van der Waals surface area contributed by atoms with E-state index in [1.165, 1.54) is 12.8 Å². The summed E-state index contributed by atoms with van der Waals surface area (Å²) in [6.07, 6.45) is 5.07. The molecule has 1 atom stereocenters. The number of rotatable bonds is 3. The molecular weight excluding hydrogens is 299 g/mol. The number of hydrogen-bond acceptors (Lipinski definition) is 5. The van der Waals surface area contributed by atoms with E-state index in [9.17, 15) is 0 Å². The zero-order chi connectivity index (χ0) is 12.2. The predicted molar refractivity (Wildman–Crippen MR) is 81.3 cm³/mol. The second kappa shape index (κ2) is 8.19. The lowest BCUT2D eigenvalue weighted by Crippen LogP contribution is -2.31. The van der Waals surface area contributed by atoms with Crippen LogP contribution >= 0.6 is 24.8 Å². The quantitative estimate of drug-likeness (QED) is 0.942. The van der Waals surface area contributed by atoms with Gasteiger partial charge in [-0.25, -0.2) is 0 Å². The van der Waals surface area contributed by atoms with Gasteiger partial charge in [0.15, 0.2) is 5.82 Å². The molecule has 2 aromatic rings. The van der Waals surface area contributed by atoms with Gasteiger partial charge in [0.2, 0.25) is 0 Å². The molecular formula is C13H18Cl2N4O. The molecule has 1 saturated heterocycles. The Morgan fingerprint density at radius 3 is 2.90 bits per heavy atom. The maximum absolute atomic E-state index is 5.25. The Labute approximate surface area is 130 Å². The number of nitrogens with zero attached hydrogens (tertiary/aromatic N) is 3. The van der Waals surface area contributed by atoms with E-state index in [4.69, 9.17) is 4.52 Å². The van der Waals surface area contributed by atoms with E-state index < -0.39 is 0 Å². The van der Waals surface area contributed by atoms with E-state index in [2.05, 4.69) is 20.4 Å². The van der Waals surface area contributed by atoms with Gasteiger partial charge >= 0.3 is 0 Å². The molecule has 2 aromatic heterocycles. The van der Waals surface area contributed by atoms with E-state index in [0.29, 0.717) is 11.8 Å². The van der Waals surface area contributed by atoms with Crippen molar-refractivity contribution in [1.29, 1.82) is 0 Å². The number of pyridine rings is 1. The summed E-state index contributed by atoms with van der Waals surface area (Å²) in [7, 11) is 0. The number of halogens is 2. The molecule has 3 heterocycles. The molecule has 5 nitrogen and oxygen atoms in total. The molecule has 0 spiro atoms. The molecule has 0 radical (unpaired) electrons. The van der Waals surface area contributed by atoms with Gasteiger partial charge in [0.25, 0.3) is 5.89 Å². The van der Waals surface area contributed by atoms with Crippen molar-refractivity contribution in [2.45, 2.75) is 19.3 Å². The minimum Gasteiger partial charge on any atom is -0.332 e. The Morgan fingerprint density at radius 2 is 2.20 bits per heavy atom. The first-order chi connectivity index (χ1) is 8.92. The summed E-state index contributed by atoms with van der Waals surface area (Å²) in [4.78, 5) is 8.61. The van der Waals surface area contributed by atoms with Crippen LogP contribution in [0.5, 0.6) is 0 Å². The van der Waals surface area contributed by atoms with Gasteiger partial charge in [0.05, 0.1) is 0 Å². The third-order valence-electron chi connectivity index (χ3n) is 3.22. The highest BCUT2D eigenvalue weighted by Crippen LogP contribution is 2.18. The fourth-order valence-corrected chi connectivity index (χ4v) is 2.29. The van der Waals surface area contributed by atoms with E-state index in [0.717, 1.165) is 31.0 Å². The van der Waals surface area contributed by atoms with Crippen LogP contribution in [-0.4, -0.2) is 28.2 Å². The van der Waals surface area contributed by atoms with Crippen LogP contribution in [0.4, 0.5) is 0 Å². The molecule has 0 bridgehead atoms. The lowest BCUT2D eigenvalue weighted by Gasteiger charge is -2.20.